The fourth-order valence-corrected chi connectivity index (χ4v) is 12.7. The second kappa shape index (κ2) is 17.5. The molecule has 0 aliphatic rings. The molecule has 0 aliphatic heterocycles. The number of fused-ring (bicyclic) bond motifs is 11. The second-order valence-corrected chi connectivity index (χ2v) is 20.1. The Labute approximate surface area is 436 Å². The molecule has 75 heavy (non-hydrogen) atoms. The van der Waals surface area contributed by atoms with Gasteiger partial charge in [-0.15, -0.1) is 11.3 Å². The lowest BCUT2D eigenvalue weighted by atomic mass is 10.0. The minimum Gasteiger partial charge on any atom is -0.307 e. The Hall–Kier alpha value is -9.75. The van der Waals surface area contributed by atoms with Crippen molar-refractivity contribution in [2.45, 2.75) is 0 Å². The largest absolute Gasteiger partial charge is 0.307 e. The zero-order chi connectivity index (χ0) is 49.4. The highest BCUT2D eigenvalue weighted by Crippen LogP contribution is 2.48. The Morgan fingerprint density at radius 3 is 1.15 bits per heavy atom. The minimum atomic E-state index is 0.596. The normalized spacial score (nSPS) is 11.7. The van der Waals surface area contributed by atoms with Crippen molar-refractivity contribution in [2.75, 3.05) is 0 Å². The van der Waals surface area contributed by atoms with E-state index in [9.17, 15) is 0 Å². The summed E-state index contributed by atoms with van der Waals surface area (Å²) in [5, 5.41) is 7.30. The van der Waals surface area contributed by atoms with E-state index in [1.807, 2.05) is 23.5 Å². The summed E-state index contributed by atoms with van der Waals surface area (Å²) >= 11 is 1.89. The van der Waals surface area contributed by atoms with Gasteiger partial charge in [0.25, 0.3) is 0 Å². The van der Waals surface area contributed by atoms with Gasteiger partial charge in [0.1, 0.15) is 0 Å². The van der Waals surface area contributed by atoms with Gasteiger partial charge in [-0.3, -0.25) is 0 Å². The molecule has 6 heteroatoms. The average Bonchev–Trinajstić information content (AvgIpc) is 4.27. The molecule has 0 amide bonds. The van der Waals surface area contributed by atoms with Gasteiger partial charge in [-0.1, -0.05) is 218 Å². The fraction of sp³-hybridized carbons (Fsp3) is 0. The van der Waals surface area contributed by atoms with Crippen molar-refractivity contribution in [1.82, 2.24) is 24.1 Å². The summed E-state index contributed by atoms with van der Waals surface area (Å²) in [6.07, 6.45) is 0. The van der Waals surface area contributed by atoms with Crippen LogP contribution in [-0.4, -0.2) is 24.1 Å². The number of hydrogen-bond acceptors (Lipinski definition) is 4. The van der Waals surface area contributed by atoms with Crippen LogP contribution in [-0.2, 0) is 0 Å². The maximum Gasteiger partial charge on any atom is 0.166 e. The molecule has 0 N–H and O–H groups in total. The van der Waals surface area contributed by atoms with E-state index in [1.54, 1.807) is 0 Å². The molecule has 0 saturated heterocycles. The summed E-state index contributed by atoms with van der Waals surface area (Å²) in [5.41, 5.74) is 16.4. The molecule has 0 radical (unpaired) electrons. The van der Waals surface area contributed by atoms with E-state index in [0.29, 0.717) is 17.5 Å². The van der Waals surface area contributed by atoms with Gasteiger partial charge in [0.05, 0.1) is 42.8 Å². The number of hydrogen-bond donors (Lipinski definition) is 0. The van der Waals surface area contributed by atoms with Crippen molar-refractivity contribution in [3.05, 3.63) is 261 Å². The number of rotatable bonds is 8. The van der Waals surface area contributed by atoms with Crippen LogP contribution < -0.4 is 0 Å². The van der Waals surface area contributed by atoms with Crippen LogP contribution in [0.5, 0.6) is 0 Å². The first-order chi connectivity index (χ1) is 37.2. The molecule has 4 heterocycles. The Bertz CT molecular complexity index is 4600. The average molecular weight is 974 g/mol. The van der Waals surface area contributed by atoms with E-state index in [2.05, 4.69) is 258 Å². The van der Waals surface area contributed by atoms with Crippen LogP contribution in [0.1, 0.15) is 0 Å². The van der Waals surface area contributed by atoms with Crippen LogP contribution >= 0.6 is 11.3 Å². The quantitative estimate of drug-likeness (QED) is 0.152. The molecule has 0 fully saturated rings. The van der Waals surface area contributed by atoms with Crippen LogP contribution in [0.4, 0.5) is 0 Å². The number of para-hydroxylation sites is 4. The van der Waals surface area contributed by atoms with Crippen LogP contribution in [0.3, 0.4) is 0 Å². The smallest absolute Gasteiger partial charge is 0.166 e. The van der Waals surface area contributed by atoms with E-state index in [1.165, 1.54) is 63.9 Å². The molecule has 0 saturated carbocycles. The third-order valence-corrected chi connectivity index (χ3v) is 16.0. The topological polar surface area (TPSA) is 48.5 Å². The SMILES string of the molecule is c1ccc(-c2cccc(-c3nc(-c4cccc(-c5ccccc5)c4)nc(-c4ccccc4-n4c5ccccc5c5ccc6c7ccc8c9ccccc9n(-c9ccccc9-c9ccccc9)c8c7sc6c54)n3)c2)cc1. The van der Waals surface area contributed by atoms with Crippen molar-refractivity contribution in [2.24, 2.45) is 0 Å². The Balaban J connectivity index is 0.987. The van der Waals surface area contributed by atoms with Crippen LogP contribution in [0.15, 0.2) is 261 Å². The molecular weight excluding hydrogens is 931 g/mol. The first-order valence-corrected chi connectivity index (χ1v) is 26.2. The zero-order valence-corrected chi connectivity index (χ0v) is 41.3. The van der Waals surface area contributed by atoms with Gasteiger partial charge in [-0.25, -0.2) is 15.0 Å². The van der Waals surface area contributed by atoms with Crippen LogP contribution in [0.25, 0.3) is 143 Å². The van der Waals surface area contributed by atoms with E-state index in [0.717, 1.165) is 61.4 Å². The molecule has 350 valence electrons. The van der Waals surface area contributed by atoms with E-state index in [4.69, 9.17) is 15.0 Å². The third-order valence-electron chi connectivity index (χ3n) is 14.8. The minimum absolute atomic E-state index is 0.596. The summed E-state index contributed by atoms with van der Waals surface area (Å²) in [5.74, 6) is 1.81. The molecule has 0 unspecified atom stereocenters. The van der Waals surface area contributed by atoms with Crippen molar-refractivity contribution < 1.29 is 0 Å². The second-order valence-electron chi connectivity index (χ2n) is 19.1. The lowest BCUT2D eigenvalue weighted by Gasteiger charge is -2.15. The molecule has 0 spiro atoms. The lowest BCUT2D eigenvalue weighted by molar-refractivity contribution is 1.06. The van der Waals surface area contributed by atoms with Gasteiger partial charge in [0.15, 0.2) is 17.5 Å². The van der Waals surface area contributed by atoms with E-state index < -0.39 is 0 Å². The Morgan fingerprint density at radius 1 is 0.253 bits per heavy atom. The molecule has 0 atom stereocenters. The van der Waals surface area contributed by atoms with Crippen molar-refractivity contribution in [3.63, 3.8) is 0 Å². The summed E-state index contributed by atoms with van der Waals surface area (Å²) in [7, 11) is 0. The first kappa shape index (κ1) is 42.9. The van der Waals surface area contributed by atoms with Crippen LogP contribution in [0, 0.1) is 0 Å². The van der Waals surface area contributed by atoms with Gasteiger partial charge >= 0.3 is 0 Å². The summed E-state index contributed by atoms with van der Waals surface area (Å²) in [6, 6.07) is 93.2. The van der Waals surface area contributed by atoms with Crippen LogP contribution in [0.2, 0.25) is 0 Å². The number of aromatic nitrogens is 5. The summed E-state index contributed by atoms with van der Waals surface area (Å²) in [6.45, 7) is 0. The van der Waals surface area contributed by atoms with Gasteiger partial charge in [0, 0.05) is 54.6 Å². The highest BCUT2D eigenvalue weighted by atomic mass is 32.1. The van der Waals surface area contributed by atoms with Crippen molar-refractivity contribution in [1.29, 1.82) is 0 Å². The molecule has 0 aliphatic carbocycles. The monoisotopic (exact) mass is 973 g/mol. The number of thiophene rings is 1. The highest BCUT2D eigenvalue weighted by Gasteiger charge is 2.25. The van der Waals surface area contributed by atoms with Gasteiger partial charge in [-0.05, 0) is 70.3 Å². The van der Waals surface area contributed by atoms with E-state index >= 15 is 0 Å². The standard InChI is InChI=1S/C69H43N5S/c1-4-20-44(21-5-1)47-26-18-28-49(42-47)67-70-68(50-29-19-27-48(43-50)45-22-6-2-7-23-45)72-69(71-67)58-33-13-17-37-62(58)74-61-36-16-12-32-53(61)55-39-41-57-56-40-38-54-52-31-11-15-35-60(52)73(63(54)65(56)75-66(57)64(55)74)59-34-14-10-30-51(59)46-24-8-3-9-25-46/h1-43H. The molecule has 5 nitrogen and oxygen atoms in total. The first-order valence-electron chi connectivity index (χ1n) is 25.3. The summed E-state index contributed by atoms with van der Waals surface area (Å²) < 4.78 is 7.45. The molecule has 15 aromatic rings. The number of nitrogens with zero attached hydrogens (tertiary/aromatic N) is 5. The maximum absolute atomic E-state index is 5.43. The molecule has 15 rings (SSSR count). The highest BCUT2D eigenvalue weighted by molar-refractivity contribution is 7.27. The lowest BCUT2D eigenvalue weighted by Crippen LogP contribution is -2.03. The Kier molecular flexibility index (Phi) is 10.00. The van der Waals surface area contributed by atoms with Crippen molar-refractivity contribution in [3.8, 4) is 78.9 Å². The van der Waals surface area contributed by atoms with Gasteiger partial charge in [0.2, 0.25) is 0 Å². The molecule has 0 bridgehead atoms. The zero-order valence-electron chi connectivity index (χ0n) is 40.5. The molecule has 4 aromatic heterocycles. The predicted molar refractivity (Wildman–Crippen MR) is 314 cm³/mol. The number of benzene rings is 11. The van der Waals surface area contributed by atoms with Crippen molar-refractivity contribution >= 4 is 75.1 Å². The third kappa shape index (κ3) is 7.03. The van der Waals surface area contributed by atoms with Gasteiger partial charge < -0.3 is 9.13 Å². The predicted octanol–water partition coefficient (Wildman–Crippen LogP) is 18.4. The molecular formula is C69H43N5S. The van der Waals surface area contributed by atoms with Gasteiger partial charge in [-0.2, -0.15) is 0 Å². The molecule has 11 aromatic carbocycles. The summed E-state index contributed by atoms with van der Waals surface area (Å²) in [4.78, 5) is 16.1. The fourth-order valence-electron chi connectivity index (χ4n) is 11.4. The Morgan fingerprint density at radius 2 is 0.627 bits per heavy atom. The maximum atomic E-state index is 5.43. The van der Waals surface area contributed by atoms with E-state index in [-0.39, 0.29) is 0 Å².